The molecule has 1 aromatic rings. The van der Waals surface area contributed by atoms with Crippen molar-refractivity contribution in [3.63, 3.8) is 0 Å². The summed E-state index contributed by atoms with van der Waals surface area (Å²) >= 11 is 0. The summed E-state index contributed by atoms with van der Waals surface area (Å²) in [5, 5.41) is 7.18. The first-order valence-corrected chi connectivity index (χ1v) is 7.88. The third-order valence-electron chi connectivity index (χ3n) is 5.14. The molecule has 2 N–H and O–H groups in total. The molecule has 116 valence electrons. The van der Waals surface area contributed by atoms with E-state index in [1.165, 1.54) is 12.0 Å². The molecule has 4 heteroatoms. The number of carbonyl (C=O) groups is 1. The maximum atomic E-state index is 11.8. The van der Waals surface area contributed by atoms with Gasteiger partial charge in [-0.25, -0.2) is 5.43 Å². The van der Waals surface area contributed by atoms with Crippen LogP contribution >= 0.6 is 0 Å². The number of hydrogen-bond acceptors (Lipinski definition) is 3. The Balaban J connectivity index is 1.46. The lowest BCUT2D eigenvalue weighted by atomic mass is 9.49. The Kier molecular flexibility index (Phi) is 4.01. The number of para-hydroxylation sites is 1. The Morgan fingerprint density at radius 1 is 1.36 bits per heavy atom. The smallest absolute Gasteiger partial charge is 0.259 e. The molecule has 0 saturated heterocycles. The van der Waals surface area contributed by atoms with Gasteiger partial charge < -0.3 is 5.32 Å². The fraction of sp³-hybridized carbons (Fsp3) is 0.444. The van der Waals surface area contributed by atoms with Crippen molar-refractivity contribution < 1.29 is 4.79 Å². The highest BCUT2D eigenvalue weighted by atomic mass is 16.2. The van der Waals surface area contributed by atoms with Crippen LogP contribution in [0.2, 0.25) is 0 Å². The lowest BCUT2D eigenvalue weighted by Gasteiger charge is -2.55. The number of amides is 1. The summed E-state index contributed by atoms with van der Waals surface area (Å²) in [4.78, 5) is 11.8. The van der Waals surface area contributed by atoms with E-state index in [1.54, 1.807) is 0 Å². The molecule has 1 saturated carbocycles. The highest BCUT2D eigenvalue weighted by Gasteiger charge is 2.50. The number of allylic oxidation sites excluding steroid dienone is 2. The molecular formula is C18H23N3O. The maximum absolute atomic E-state index is 11.8. The molecule has 3 aliphatic rings. The molecule has 0 heterocycles. The quantitative estimate of drug-likeness (QED) is 0.648. The van der Waals surface area contributed by atoms with E-state index < -0.39 is 0 Å². The monoisotopic (exact) mass is 297 g/mol. The lowest BCUT2D eigenvalue weighted by Crippen LogP contribution is -2.48. The number of hydrazone groups is 1. The zero-order valence-electron chi connectivity index (χ0n) is 13.2. The van der Waals surface area contributed by atoms with Gasteiger partial charge in [0.05, 0.1) is 12.8 Å². The third kappa shape index (κ3) is 2.91. The van der Waals surface area contributed by atoms with Crippen molar-refractivity contribution in [3.05, 3.63) is 42.0 Å². The second-order valence-corrected chi connectivity index (χ2v) is 6.76. The van der Waals surface area contributed by atoms with E-state index in [2.05, 4.69) is 35.8 Å². The molecule has 0 unspecified atom stereocenters. The summed E-state index contributed by atoms with van der Waals surface area (Å²) in [7, 11) is 0. The SMILES string of the molecule is CC1(C)[C@H]2CC=C(/C=N\NC(=O)CNc3ccccc3)[C@H]1C2. The minimum Gasteiger partial charge on any atom is -0.376 e. The first-order valence-electron chi connectivity index (χ1n) is 7.88. The molecule has 2 bridgehead atoms. The molecule has 1 aromatic carbocycles. The Morgan fingerprint density at radius 3 is 2.82 bits per heavy atom. The van der Waals surface area contributed by atoms with Gasteiger partial charge in [-0.2, -0.15) is 5.10 Å². The van der Waals surface area contributed by atoms with Gasteiger partial charge in [0.1, 0.15) is 0 Å². The topological polar surface area (TPSA) is 53.5 Å². The Hall–Kier alpha value is -2.10. The van der Waals surface area contributed by atoms with Crippen LogP contribution in [0.4, 0.5) is 5.69 Å². The van der Waals surface area contributed by atoms with E-state index in [-0.39, 0.29) is 12.5 Å². The fourth-order valence-electron chi connectivity index (χ4n) is 3.50. The van der Waals surface area contributed by atoms with Crippen molar-refractivity contribution in [2.24, 2.45) is 22.4 Å². The minimum atomic E-state index is -0.137. The standard InChI is InChI=1S/C18H23N3O/c1-18(2)14-9-8-13(16(18)10-14)11-20-21-17(22)12-19-15-6-4-3-5-7-15/h3-8,11,14,16,19H,9-10,12H2,1-2H3,(H,21,22)/b20-11-/t14-,16+/m0/s1. The number of hydrogen-bond donors (Lipinski definition) is 2. The molecule has 22 heavy (non-hydrogen) atoms. The van der Waals surface area contributed by atoms with Crippen molar-refractivity contribution in [2.45, 2.75) is 26.7 Å². The second kappa shape index (κ2) is 5.95. The zero-order valence-corrected chi connectivity index (χ0v) is 13.2. The summed E-state index contributed by atoms with van der Waals surface area (Å²) in [5.74, 6) is 1.27. The zero-order chi connectivity index (χ0) is 15.6. The summed E-state index contributed by atoms with van der Waals surface area (Å²) in [5.41, 5.74) is 5.17. The van der Waals surface area contributed by atoms with E-state index in [0.29, 0.717) is 11.3 Å². The van der Waals surface area contributed by atoms with Crippen LogP contribution in [0.1, 0.15) is 26.7 Å². The average molecular weight is 297 g/mol. The number of rotatable bonds is 5. The predicted octanol–water partition coefficient (Wildman–Crippen LogP) is 3.19. The normalized spacial score (nSPS) is 25.3. The van der Waals surface area contributed by atoms with Crippen molar-refractivity contribution in [3.8, 4) is 0 Å². The first-order chi connectivity index (χ1) is 10.6. The third-order valence-corrected chi connectivity index (χ3v) is 5.14. The number of carbonyl (C=O) groups excluding carboxylic acids is 1. The van der Waals surface area contributed by atoms with Crippen LogP contribution in [0.25, 0.3) is 0 Å². The minimum absolute atomic E-state index is 0.137. The summed E-state index contributed by atoms with van der Waals surface area (Å²) in [6.45, 7) is 4.88. The number of nitrogens with zero attached hydrogens (tertiary/aromatic N) is 1. The van der Waals surface area contributed by atoms with Gasteiger partial charge in [-0.1, -0.05) is 38.1 Å². The van der Waals surface area contributed by atoms with E-state index >= 15 is 0 Å². The van der Waals surface area contributed by atoms with Crippen LogP contribution in [0.15, 0.2) is 47.1 Å². The van der Waals surface area contributed by atoms with Crippen LogP contribution in [-0.4, -0.2) is 18.7 Å². The van der Waals surface area contributed by atoms with Gasteiger partial charge in [0, 0.05) is 5.69 Å². The molecule has 0 aliphatic heterocycles. The molecule has 4 nitrogen and oxygen atoms in total. The number of fused-ring (bicyclic) bond motifs is 1. The second-order valence-electron chi connectivity index (χ2n) is 6.76. The van der Waals surface area contributed by atoms with Crippen LogP contribution < -0.4 is 10.7 Å². The van der Waals surface area contributed by atoms with Gasteiger partial charge in [0.25, 0.3) is 5.91 Å². The van der Waals surface area contributed by atoms with E-state index in [9.17, 15) is 4.79 Å². The van der Waals surface area contributed by atoms with Crippen molar-refractivity contribution in [1.82, 2.24) is 5.43 Å². The predicted molar refractivity (Wildman–Crippen MR) is 89.6 cm³/mol. The molecular weight excluding hydrogens is 274 g/mol. The van der Waals surface area contributed by atoms with E-state index in [0.717, 1.165) is 18.0 Å². The Bertz CT molecular complexity index is 604. The van der Waals surface area contributed by atoms with Gasteiger partial charge in [-0.3, -0.25) is 4.79 Å². The fourth-order valence-corrected chi connectivity index (χ4v) is 3.50. The Morgan fingerprint density at radius 2 is 2.14 bits per heavy atom. The lowest BCUT2D eigenvalue weighted by molar-refractivity contribution is -0.119. The van der Waals surface area contributed by atoms with Gasteiger partial charge in [0.2, 0.25) is 0 Å². The van der Waals surface area contributed by atoms with Crippen molar-refractivity contribution in [2.75, 3.05) is 11.9 Å². The molecule has 3 aliphatic carbocycles. The van der Waals surface area contributed by atoms with E-state index in [1.807, 2.05) is 36.5 Å². The highest BCUT2D eigenvalue weighted by molar-refractivity contribution is 5.84. The van der Waals surface area contributed by atoms with Gasteiger partial charge in [-0.05, 0) is 47.8 Å². The van der Waals surface area contributed by atoms with Crippen molar-refractivity contribution >= 4 is 17.8 Å². The largest absolute Gasteiger partial charge is 0.376 e. The van der Waals surface area contributed by atoms with Crippen LogP contribution in [-0.2, 0) is 4.79 Å². The maximum Gasteiger partial charge on any atom is 0.259 e. The first kappa shape index (κ1) is 14.8. The van der Waals surface area contributed by atoms with Gasteiger partial charge >= 0.3 is 0 Å². The average Bonchev–Trinajstić information content (AvgIpc) is 2.54. The summed E-state index contributed by atoms with van der Waals surface area (Å²) in [6, 6.07) is 9.67. The van der Waals surface area contributed by atoms with Crippen LogP contribution in [0.5, 0.6) is 0 Å². The van der Waals surface area contributed by atoms with Gasteiger partial charge in [0.15, 0.2) is 0 Å². The number of anilines is 1. The molecule has 1 amide bonds. The molecule has 2 atom stereocenters. The summed E-state index contributed by atoms with van der Waals surface area (Å²) in [6.07, 6.45) is 6.48. The molecule has 0 radical (unpaired) electrons. The van der Waals surface area contributed by atoms with Crippen LogP contribution in [0, 0.1) is 17.3 Å². The Labute approximate surface area is 131 Å². The highest BCUT2D eigenvalue weighted by Crippen LogP contribution is 2.58. The molecule has 0 spiro atoms. The summed E-state index contributed by atoms with van der Waals surface area (Å²) < 4.78 is 0. The molecule has 1 fully saturated rings. The number of benzene rings is 1. The van der Waals surface area contributed by atoms with Gasteiger partial charge in [-0.15, -0.1) is 0 Å². The van der Waals surface area contributed by atoms with Crippen molar-refractivity contribution in [1.29, 1.82) is 0 Å². The molecule has 4 rings (SSSR count). The molecule has 0 aromatic heterocycles. The number of nitrogens with one attached hydrogen (secondary N) is 2. The van der Waals surface area contributed by atoms with Crippen LogP contribution in [0.3, 0.4) is 0 Å². The van der Waals surface area contributed by atoms with E-state index in [4.69, 9.17) is 0 Å².